The highest BCUT2D eigenvalue weighted by molar-refractivity contribution is 5.94. The molecule has 1 unspecified atom stereocenters. The number of hydrogen-bond acceptors (Lipinski definition) is 3. The van der Waals surface area contributed by atoms with E-state index in [0.717, 1.165) is 32.4 Å². The van der Waals surface area contributed by atoms with Gasteiger partial charge in [0.2, 0.25) is 0 Å². The molecule has 0 aromatic carbocycles. The van der Waals surface area contributed by atoms with E-state index < -0.39 is 5.97 Å². The van der Waals surface area contributed by atoms with Crippen molar-refractivity contribution < 1.29 is 14.7 Å². The van der Waals surface area contributed by atoms with E-state index in [9.17, 15) is 9.59 Å². The minimum absolute atomic E-state index is 0.0415. The van der Waals surface area contributed by atoms with Crippen LogP contribution in [0.25, 0.3) is 0 Å². The van der Waals surface area contributed by atoms with Crippen LogP contribution in [0.2, 0.25) is 0 Å². The molecule has 0 radical (unpaired) electrons. The Bertz CT molecular complexity index is 546. The number of amides is 1. The summed E-state index contributed by atoms with van der Waals surface area (Å²) in [5.41, 5.74) is 0.684. The third-order valence-corrected chi connectivity index (χ3v) is 4.47. The van der Waals surface area contributed by atoms with Crippen LogP contribution in [-0.2, 0) is 0 Å². The first-order valence-corrected chi connectivity index (χ1v) is 7.77. The first kappa shape index (κ1) is 16.5. The molecule has 0 saturated carbocycles. The Morgan fingerprint density at radius 1 is 1.23 bits per heavy atom. The largest absolute Gasteiger partial charge is 0.477 e. The number of carbonyl (C=O) groups is 2. The van der Waals surface area contributed by atoms with Crippen LogP contribution in [-0.4, -0.2) is 40.0 Å². The molecule has 1 N–H and O–H groups in total. The third-order valence-electron chi connectivity index (χ3n) is 4.47. The van der Waals surface area contributed by atoms with Crippen LogP contribution in [0, 0.1) is 11.3 Å². The van der Waals surface area contributed by atoms with Crippen LogP contribution < -0.4 is 0 Å². The Hall–Kier alpha value is -1.91. The summed E-state index contributed by atoms with van der Waals surface area (Å²) in [6, 6.07) is 2.93. The molecule has 0 aliphatic carbocycles. The minimum atomic E-state index is -1.08. The molecule has 1 aromatic heterocycles. The van der Waals surface area contributed by atoms with Crippen LogP contribution in [0.15, 0.2) is 18.3 Å². The molecule has 1 saturated heterocycles. The normalized spacial score (nSPS) is 19.6. The summed E-state index contributed by atoms with van der Waals surface area (Å²) >= 11 is 0. The van der Waals surface area contributed by atoms with Gasteiger partial charge in [0.05, 0.1) is 5.56 Å². The Kier molecular flexibility index (Phi) is 4.84. The fourth-order valence-corrected chi connectivity index (χ4v) is 2.99. The van der Waals surface area contributed by atoms with Crippen LogP contribution in [0.5, 0.6) is 0 Å². The zero-order chi connectivity index (χ0) is 16.3. The highest BCUT2D eigenvalue weighted by Crippen LogP contribution is 2.34. The van der Waals surface area contributed by atoms with Gasteiger partial charge < -0.3 is 10.0 Å². The van der Waals surface area contributed by atoms with E-state index in [-0.39, 0.29) is 17.0 Å². The van der Waals surface area contributed by atoms with E-state index in [1.54, 1.807) is 6.07 Å². The van der Waals surface area contributed by atoms with Crippen molar-refractivity contribution in [3.8, 4) is 0 Å². The van der Waals surface area contributed by atoms with Gasteiger partial charge in [0, 0.05) is 19.3 Å². The van der Waals surface area contributed by atoms with Crippen molar-refractivity contribution in [2.75, 3.05) is 13.1 Å². The molecule has 22 heavy (non-hydrogen) atoms. The zero-order valence-corrected chi connectivity index (χ0v) is 13.5. The molecule has 1 aromatic rings. The molecule has 120 valence electrons. The molecule has 0 spiro atoms. The van der Waals surface area contributed by atoms with Crippen LogP contribution in [0.3, 0.4) is 0 Å². The summed E-state index contributed by atoms with van der Waals surface area (Å²) in [6.07, 6.45) is 4.52. The van der Waals surface area contributed by atoms with Crippen molar-refractivity contribution in [3.05, 3.63) is 29.6 Å². The number of likely N-dealkylation sites (tertiary alicyclic amines) is 1. The Balaban J connectivity index is 2.05. The fourth-order valence-electron chi connectivity index (χ4n) is 2.99. The molecule has 1 aliphatic heterocycles. The van der Waals surface area contributed by atoms with Gasteiger partial charge in [-0.05, 0) is 42.7 Å². The number of carbonyl (C=O) groups excluding carboxylic acids is 1. The maximum Gasteiger partial charge on any atom is 0.354 e. The average Bonchev–Trinajstić information content (AvgIpc) is 2.72. The van der Waals surface area contributed by atoms with E-state index in [2.05, 4.69) is 25.8 Å². The Labute approximate surface area is 131 Å². The van der Waals surface area contributed by atoms with Gasteiger partial charge in [0.15, 0.2) is 0 Å². The molecule has 1 fully saturated rings. The summed E-state index contributed by atoms with van der Waals surface area (Å²) in [7, 11) is 0. The van der Waals surface area contributed by atoms with Crippen LogP contribution in [0.1, 0.15) is 60.9 Å². The van der Waals surface area contributed by atoms with Gasteiger partial charge in [0.25, 0.3) is 5.91 Å². The smallest absolute Gasteiger partial charge is 0.354 e. The lowest BCUT2D eigenvalue weighted by Crippen LogP contribution is -2.32. The first-order valence-electron chi connectivity index (χ1n) is 7.77. The summed E-state index contributed by atoms with van der Waals surface area (Å²) in [6.45, 7) is 8.27. The molecule has 0 bridgehead atoms. The average molecular weight is 304 g/mol. The van der Waals surface area contributed by atoms with Crippen molar-refractivity contribution in [3.63, 3.8) is 0 Å². The Morgan fingerprint density at radius 3 is 2.50 bits per heavy atom. The third kappa shape index (κ3) is 3.84. The Morgan fingerprint density at radius 2 is 1.95 bits per heavy atom. The van der Waals surface area contributed by atoms with Gasteiger partial charge in [-0.3, -0.25) is 4.79 Å². The number of carboxylic acids is 1. The standard InChI is InChI=1S/C17H24N2O3/c1-17(2,3)13-5-4-9-19(10-8-13)15(20)12-6-7-14(16(21)22)18-11-12/h6-7,11,13H,4-5,8-10H2,1-3H3,(H,21,22). The van der Waals surface area contributed by atoms with E-state index in [1.807, 2.05) is 4.90 Å². The maximum atomic E-state index is 12.5. The van der Waals surface area contributed by atoms with Crippen molar-refractivity contribution in [2.24, 2.45) is 11.3 Å². The van der Waals surface area contributed by atoms with Crippen molar-refractivity contribution in [1.29, 1.82) is 0 Å². The monoisotopic (exact) mass is 304 g/mol. The SMILES string of the molecule is CC(C)(C)C1CCCN(C(=O)c2ccc(C(=O)O)nc2)CC1. The summed E-state index contributed by atoms with van der Waals surface area (Å²) in [5, 5.41) is 8.85. The van der Waals surface area contributed by atoms with Gasteiger partial charge in [-0.25, -0.2) is 9.78 Å². The molecular formula is C17H24N2O3. The first-order chi connectivity index (χ1) is 10.3. The molecule has 5 heteroatoms. The van der Waals surface area contributed by atoms with Gasteiger partial charge in [0.1, 0.15) is 5.69 Å². The molecule has 2 rings (SSSR count). The van der Waals surface area contributed by atoms with Gasteiger partial charge in [-0.15, -0.1) is 0 Å². The van der Waals surface area contributed by atoms with E-state index >= 15 is 0 Å². The number of aromatic nitrogens is 1. The lowest BCUT2D eigenvalue weighted by molar-refractivity contribution is 0.0687. The van der Waals surface area contributed by atoms with E-state index in [1.165, 1.54) is 12.3 Å². The number of carboxylic acid groups (broad SMARTS) is 1. The number of pyridine rings is 1. The fraction of sp³-hybridized carbons (Fsp3) is 0.588. The molecule has 1 atom stereocenters. The second-order valence-electron chi connectivity index (χ2n) is 7.02. The molecule has 2 heterocycles. The number of rotatable bonds is 2. The molecule has 1 aliphatic rings. The zero-order valence-electron chi connectivity index (χ0n) is 13.5. The summed E-state index contributed by atoms with van der Waals surface area (Å²) in [4.78, 5) is 29.0. The van der Waals surface area contributed by atoms with Gasteiger partial charge in [-0.2, -0.15) is 0 Å². The van der Waals surface area contributed by atoms with Crippen molar-refractivity contribution >= 4 is 11.9 Å². The summed E-state index contributed by atoms with van der Waals surface area (Å²) in [5.74, 6) is -0.515. The quantitative estimate of drug-likeness (QED) is 0.911. The van der Waals surface area contributed by atoms with Gasteiger partial charge >= 0.3 is 5.97 Å². The summed E-state index contributed by atoms with van der Waals surface area (Å²) < 4.78 is 0. The van der Waals surface area contributed by atoms with Gasteiger partial charge in [-0.1, -0.05) is 20.8 Å². The van der Waals surface area contributed by atoms with E-state index in [4.69, 9.17) is 5.11 Å². The van der Waals surface area contributed by atoms with Crippen LogP contribution in [0.4, 0.5) is 0 Å². The lowest BCUT2D eigenvalue weighted by Gasteiger charge is -2.29. The lowest BCUT2D eigenvalue weighted by atomic mass is 9.77. The molecule has 1 amide bonds. The van der Waals surface area contributed by atoms with Crippen molar-refractivity contribution in [1.82, 2.24) is 9.88 Å². The topological polar surface area (TPSA) is 70.5 Å². The van der Waals surface area contributed by atoms with Crippen molar-refractivity contribution in [2.45, 2.75) is 40.0 Å². The highest BCUT2D eigenvalue weighted by Gasteiger charge is 2.28. The van der Waals surface area contributed by atoms with E-state index in [0.29, 0.717) is 11.5 Å². The van der Waals surface area contributed by atoms with Crippen LogP contribution >= 0.6 is 0 Å². The second kappa shape index (κ2) is 6.46. The maximum absolute atomic E-state index is 12.5. The second-order valence-corrected chi connectivity index (χ2v) is 7.02. The molecular weight excluding hydrogens is 280 g/mol. The predicted octanol–water partition coefficient (Wildman–Crippen LogP) is 3.07. The highest BCUT2D eigenvalue weighted by atomic mass is 16.4. The number of nitrogens with zero attached hydrogens (tertiary/aromatic N) is 2. The number of hydrogen-bond donors (Lipinski definition) is 1. The number of aromatic carboxylic acids is 1. The minimum Gasteiger partial charge on any atom is -0.477 e. The predicted molar refractivity (Wildman–Crippen MR) is 83.9 cm³/mol. The molecule has 5 nitrogen and oxygen atoms in total.